The number of amides is 2. The first kappa shape index (κ1) is 25.1. The second-order valence-corrected chi connectivity index (χ2v) is 10.3. The highest BCUT2D eigenvalue weighted by Gasteiger charge is 2.28. The molecule has 1 aliphatic rings. The number of carbonyl (C=O) groups excluding carboxylic acids is 2. The Morgan fingerprint density at radius 3 is 2.24 bits per heavy atom. The minimum absolute atomic E-state index is 0.0524. The van der Waals surface area contributed by atoms with E-state index in [1.54, 1.807) is 24.3 Å². The zero-order chi connectivity index (χ0) is 24.0. The minimum atomic E-state index is -3.88. The fraction of sp³-hybridized carbons (Fsp3) is 0.417. The number of sulfonamides is 1. The summed E-state index contributed by atoms with van der Waals surface area (Å²) in [7, 11) is -3.88. The predicted molar refractivity (Wildman–Crippen MR) is 130 cm³/mol. The maximum absolute atomic E-state index is 13.0. The van der Waals surface area contributed by atoms with Crippen LogP contribution < -0.4 is 10.0 Å². The summed E-state index contributed by atoms with van der Waals surface area (Å²) in [4.78, 5) is 27.5. The third-order valence-electron chi connectivity index (χ3n) is 6.02. The first-order chi connectivity index (χ1) is 15.7. The summed E-state index contributed by atoms with van der Waals surface area (Å²) >= 11 is 5.85. The summed E-state index contributed by atoms with van der Waals surface area (Å²) < 4.78 is 28.0. The van der Waals surface area contributed by atoms with Crippen LogP contribution >= 0.6 is 11.6 Å². The summed E-state index contributed by atoms with van der Waals surface area (Å²) in [5.41, 5.74) is 0.442. The largest absolute Gasteiger partial charge is 0.349 e. The van der Waals surface area contributed by atoms with Crippen molar-refractivity contribution in [2.75, 3.05) is 17.8 Å². The lowest BCUT2D eigenvalue weighted by atomic mass is 9.98. The Kier molecular flexibility index (Phi) is 8.37. The van der Waals surface area contributed by atoms with Crippen LogP contribution in [0, 0.1) is 5.92 Å². The number of anilines is 1. The standard InChI is InChI=1S/C24H30ClN3O4S/c1-3-17(4-2)24(30)28-15-13-19(14-16-28)26-23(29)21-7-5-6-8-22(21)27-33(31,32)20-11-9-18(25)10-12-20/h5-12,17,19,27H,3-4,13-16H2,1-2H3,(H,26,29). The Hall–Kier alpha value is -2.58. The van der Waals surface area contributed by atoms with Crippen LogP contribution in [-0.2, 0) is 14.8 Å². The van der Waals surface area contributed by atoms with Crippen LogP contribution in [0.5, 0.6) is 0 Å². The zero-order valence-corrected chi connectivity index (χ0v) is 20.5. The summed E-state index contributed by atoms with van der Waals surface area (Å²) in [6, 6.07) is 12.2. The van der Waals surface area contributed by atoms with Crippen LogP contribution in [-0.4, -0.2) is 44.3 Å². The molecule has 2 aromatic rings. The van der Waals surface area contributed by atoms with Crippen LogP contribution in [0.4, 0.5) is 5.69 Å². The molecule has 3 rings (SSSR count). The zero-order valence-electron chi connectivity index (χ0n) is 18.9. The van der Waals surface area contributed by atoms with Gasteiger partial charge in [-0.25, -0.2) is 8.42 Å². The maximum Gasteiger partial charge on any atom is 0.261 e. The summed E-state index contributed by atoms with van der Waals surface area (Å²) in [5.74, 6) is -0.113. The third-order valence-corrected chi connectivity index (χ3v) is 7.65. The Morgan fingerprint density at radius 1 is 1.03 bits per heavy atom. The van der Waals surface area contributed by atoms with Gasteiger partial charge in [-0.3, -0.25) is 14.3 Å². The van der Waals surface area contributed by atoms with Gasteiger partial charge in [-0.05, 0) is 62.1 Å². The molecule has 7 nitrogen and oxygen atoms in total. The molecule has 2 amide bonds. The molecule has 178 valence electrons. The molecule has 0 aromatic heterocycles. The highest BCUT2D eigenvalue weighted by Crippen LogP contribution is 2.23. The van der Waals surface area contributed by atoms with E-state index in [2.05, 4.69) is 10.0 Å². The number of carbonyl (C=O) groups is 2. The topological polar surface area (TPSA) is 95.6 Å². The Bertz CT molecular complexity index is 1080. The van der Waals surface area contributed by atoms with E-state index in [1.165, 1.54) is 24.3 Å². The highest BCUT2D eigenvalue weighted by atomic mass is 35.5. The summed E-state index contributed by atoms with van der Waals surface area (Å²) in [6.45, 7) is 5.26. The number of nitrogens with one attached hydrogen (secondary N) is 2. The molecular formula is C24H30ClN3O4S. The molecule has 9 heteroatoms. The molecule has 33 heavy (non-hydrogen) atoms. The number of nitrogens with zero attached hydrogens (tertiary/aromatic N) is 1. The fourth-order valence-electron chi connectivity index (χ4n) is 3.99. The number of piperidine rings is 1. The van der Waals surface area contributed by atoms with E-state index < -0.39 is 10.0 Å². The van der Waals surface area contributed by atoms with Crippen molar-refractivity contribution in [2.24, 2.45) is 5.92 Å². The van der Waals surface area contributed by atoms with E-state index >= 15 is 0 Å². The third kappa shape index (κ3) is 6.26. The Balaban J connectivity index is 1.65. The number of rotatable bonds is 8. The van der Waals surface area contributed by atoms with Gasteiger partial charge in [0.25, 0.3) is 15.9 Å². The Morgan fingerprint density at radius 2 is 1.64 bits per heavy atom. The Labute approximate surface area is 200 Å². The number of hydrogen-bond donors (Lipinski definition) is 2. The lowest BCUT2D eigenvalue weighted by Crippen LogP contribution is -2.48. The van der Waals surface area contributed by atoms with Crippen LogP contribution in [0.2, 0.25) is 5.02 Å². The van der Waals surface area contributed by atoms with Gasteiger partial charge < -0.3 is 10.2 Å². The molecule has 2 N–H and O–H groups in total. The van der Waals surface area contributed by atoms with Gasteiger partial charge in [-0.1, -0.05) is 37.6 Å². The van der Waals surface area contributed by atoms with Gasteiger partial charge in [0.1, 0.15) is 0 Å². The molecule has 0 aliphatic carbocycles. The van der Waals surface area contributed by atoms with E-state index in [1.807, 2.05) is 18.7 Å². The molecular weight excluding hydrogens is 462 g/mol. The van der Waals surface area contributed by atoms with Crippen LogP contribution in [0.25, 0.3) is 0 Å². The second-order valence-electron chi connectivity index (χ2n) is 8.19. The average Bonchev–Trinajstić information content (AvgIpc) is 2.80. The number of likely N-dealkylation sites (tertiary alicyclic amines) is 1. The van der Waals surface area contributed by atoms with Gasteiger partial charge in [-0.2, -0.15) is 0 Å². The fourth-order valence-corrected chi connectivity index (χ4v) is 5.20. The lowest BCUT2D eigenvalue weighted by molar-refractivity contribution is -0.136. The number of hydrogen-bond acceptors (Lipinski definition) is 4. The molecule has 0 saturated carbocycles. The summed E-state index contributed by atoms with van der Waals surface area (Å²) in [6.07, 6.45) is 2.98. The van der Waals surface area contributed by atoms with Gasteiger partial charge >= 0.3 is 0 Å². The van der Waals surface area contributed by atoms with Crippen LogP contribution in [0.3, 0.4) is 0 Å². The van der Waals surface area contributed by atoms with Crippen molar-refractivity contribution >= 4 is 39.1 Å². The first-order valence-corrected chi connectivity index (χ1v) is 13.1. The van der Waals surface area contributed by atoms with E-state index in [9.17, 15) is 18.0 Å². The van der Waals surface area contributed by atoms with Crippen molar-refractivity contribution in [1.82, 2.24) is 10.2 Å². The molecule has 0 unspecified atom stereocenters. The molecule has 0 atom stereocenters. The molecule has 2 aromatic carbocycles. The van der Waals surface area contributed by atoms with Crippen molar-refractivity contribution in [2.45, 2.75) is 50.5 Å². The van der Waals surface area contributed by atoms with E-state index in [0.717, 1.165) is 12.8 Å². The molecule has 0 radical (unpaired) electrons. The SMILES string of the molecule is CCC(CC)C(=O)N1CCC(NC(=O)c2ccccc2NS(=O)(=O)c2ccc(Cl)cc2)CC1. The van der Waals surface area contributed by atoms with Crippen LogP contribution in [0.15, 0.2) is 53.4 Å². The normalized spacial score (nSPS) is 14.8. The van der Waals surface area contributed by atoms with Gasteiger partial charge in [-0.15, -0.1) is 0 Å². The second kappa shape index (κ2) is 11.0. The van der Waals surface area contributed by atoms with Crippen molar-refractivity contribution in [3.8, 4) is 0 Å². The van der Waals surface area contributed by atoms with E-state index in [0.29, 0.717) is 31.0 Å². The molecule has 1 saturated heterocycles. The number of para-hydroxylation sites is 1. The first-order valence-electron chi connectivity index (χ1n) is 11.2. The van der Waals surface area contributed by atoms with Gasteiger partial charge in [0, 0.05) is 30.1 Å². The average molecular weight is 492 g/mol. The van der Waals surface area contributed by atoms with Crippen molar-refractivity contribution in [3.05, 3.63) is 59.1 Å². The summed E-state index contributed by atoms with van der Waals surface area (Å²) in [5, 5.41) is 3.43. The molecule has 1 aliphatic heterocycles. The smallest absolute Gasteiger partial charge is 0.261 e. The van der Waals surface area contributed by atoms with E-state index in [4.69, 9.17) is 11.6 Å². The lowest BCUT2D eigenvalue weighted by Gasteiger charge is -2.34. The predicted octanol–water partition coefficient (Wildman–Crippen LogP) is 4.30. The molecule has 1 heterocycles. The molecule has 1 fully saturated rings. The van der Waals surface area contributed by atoms with Gasteiger partial charge in [0.2, 0.25) is 5.91 Å². The van der Waals surface area contributed by atoms with Gasteiger partial charge in [0.05, 0.1) is 16.1 Å². The van der Waals surface area contributed by atoms with Crippen molar-refractivity contribution in [1.29, 1.82) is 0 Å². The quantitative estimate of drug-likeness (QED) is 0.575. The monoisotopic (exact) mass is 491 g/mol. The number of halogens is 1. The molecule has 0 spiro atoms. The molecule has 0 bridgehead atoms. The van der Waals surface area contributed by atoms with Crippen LogP contribution in [0.1, 0.15) is 49.9 Å². The van der Waals surface area contributed by atoms with E-state index in [-0.39, 0.29) is 39.9 Å². The number of benzene rings is 2. The minimum Gasteiger partial charge on any atom is -0.349 e. The van der Waals surface area contributed by atoms with Gasteiger partial charge in [0.15, 0.2) is 0 Å². The maximum atomic E-state index is 13.0. The van der Waals surface area contributed by atoms with Crippen molar-refractivity contribution < 1.29 is 18.0 Å². The van der Waals surface area contributed by atoms with Crippen molar-refractivity contribution in [3.63, 3.8) is 0 Å². The highest BCUT2D eigenvalue weighted by molar-refractivity contribution is 7.92.